The molecule has 1 aromatic rings. The summed E-state index contributed by atoms with van der Waals surface area (Å²) in [5.41, 5.74) is 0.451. The molecule has 1 atom stereocenters. The molecule has 1 amide bonds. The number of hydrogen-bond acceptors (Lipinski definition) is 6. The molecule has 108 valence electrons. The summed E-state index contributed by atoms with van der Waals surface area (Å²) >= 11 is 0. The Balaban J connectivity index is 2.51. The zero-order valence-electron chi connectivity index (χ0n) is 11.9. The second-order valence-corrected chi connectivity index (χ2v) is 4.52. The molecule has 0 aliphatic carbocycles. The first kappa shape index (κ1) is 14.9. The third-order valence-corrected chi connectivity index (χ3v) is 3.17. The fourth-order valence-corrected chi connectivity index (χ4v) is 2.05. The van der Waals surface area contributed by atoms with E-state index in [0.717, 1.165) is 0 Å². The van der Waals surface area contributed by atoms with Gasteiger partial charge in [0.2, 0.25) is 0 Å². The lowest BCUT2D eigenvalue weighted by Gasteiger charge is -2.31. The van der Waals surface area contributed by atoms with E-state index in [-0.39, 0.29) is 17.2 Å². The van der Waals surface area contributed by atoms with Crippen molar-refractivity contribution in [2.24, 2.45) is 0 Å². The van der Waals surface area contributed by atoms with Gasteiger partial charge in [-0.25, -0.2) is 0 Å². The highest BCUT2D eigenvalue weighted by Gasteiger charge is 2.30. The molecule has 0 radical (unpaired) electrons. The van der Waals surface area contributed by atoms with E-state index in [1.165, 1.54) is 4.90 Å². The molecule has 0 saturated carbocycles. The average molecular weight is 293 g/mol. The van der Waals surface area contributed by atoms with Crippen LogP contribution in [0.2, 0.25) is 0 Å². The van der Waals surface area contributed by atoms with Crippen molar-refractivity contribution in [2.45, 2.75) is 13.0 Å². The van der Waals surface area contributed by atoms with Crippen molar-refractivity contribution in [1.29, 1.82) is 15.8 Å². The fraction of sp³-hybridized carbons (Fsp3) is 0.200. The van der Waals surface area contributed by atoms with Crippen LogP contribution < -0.4 is 15.0 Å². The van der Waals surface area contributed by atoms with Crippen LogP contribution >= 0.6 is 0 Å². The first-order valence-electron chi connectivity index (χ1n) is 6.32. The number of rotatable bonds is 2. The quantitative estimate of drug-likeness (QED) is 0.830. The predicted octanol–water partition coefficient (Wildman–Crippen LogP) is 1.67. The number of carbonyl (C=O) groups excluding carboxylic acids is 1. The lowest BCUT2D eigenvalue weighted by molar-refractivity contribution is -0.125. The standard InChI is InChI=1S/C15H11N5O2/c1-9-15(21)20(2)13-5-3-4-11(14(13)22-9)19-12(8-18)10(6-16)7-17/h3-5,9,19H,1-2H3. The Hall–Kier alpha value is -3.50. The molecule has 1 heterocycles. The number of para-hydroxylation sites is 1. The summed E-state index contributed by atoms with van der Waals surface area (Å²) in [6.07, 6.45) is -0.665. The smallest absolute Gasteiger partial charge is 0.267 e. The fourth-order valence-electron chi connectivity index (χ4n) is 2.05. The summed E-state index contributed by atoms with van der Waals surface area (Å²) in [7, 11) is 1.63. The van der Waals surface area contributed by atoms with Crippen LogP contribution in [0.15, 0.2) is 29.5 Å². The monoisotopic (exact) mass is 293 g/mol. The van der Waals surface area contributed by atoms with E-state index in [2.05, 4.69) is 5.32 Å². The number of benzene rings is 1. The van der Waals surface area contributed by atoms with E-state index >= 15 is 0 Å². The summed E-state index contributed by atoms with van der Waals surface area (Å²) in [6.45, 7) is 1.62. The van der Waals surface area contributed by atoms with E-state index in [1.807, 2.05) is 0 Å². The van der Waals surface area contributed by atoms with Crippen LogP contribution in [-0.2, 0) is 4.79 Å². The van der Waals surface area contributed by atoms with Gasteiger partial charge in [-0.15, -0.1) is 0 Å². The number of likely N-dealkylation sites (N-methyl/N-ethyl adjacent to an activating group) is 1. The minimum atomic E-state index is -0.665. The SMILES string of the molecule is CC1Oc2c(NC(C#N)=C(C#N)C#N)cccc2N(C)C1=O. The van der Waals surface area contributed by atoms with Crippen molar-refractivity contribution in [2.75, 3.05) is 17.3 Å². The van der Waals surface area contributed by atoms with Crippen molar-refractivity contribution in [3.8, 4) is 24.0 Å². The molecule has 7 heteroatoms. The second kappa shape index (κ2) is 5.87. The summed E-state index contributed by atoms with van der Waals surface area (Å²) in [6, 6.07) is 10.1. The summed E-state index contributed by atoms with van der Waals surface area (Å²) in [4.78, 5) is 13.4. The highest BCUT2D eigenvalue weighted by Crippen LogP contribution is 2.40. The zero-order chi connectivity index (χ0) is 16.3. The molecule has 22 heavy (non-hydrogen) atoms. The van der Waals surface area contributed by atoms with Gasteiger partial charge < -0.3 is 15.0 Å². The highest BCUT2D eigenvalue weighted by atomic mass is 16.5. The first-order chi connectivity index (χ1) is 10.5. The van der Waals surface area contributed by atoms with Gasteiger partial charge in [0.05, 0.1) is 11.4 Å². The predicted molar refractivity (Wildman–Crippen MR) is 77.4 cm³/mol. The summed E-state index contributed by atoms with van der Waals surface area (Å²) < 4.78 is 5.59. The van der Waals surface area contributed by atoms with Crippen LogP contribution in [0.1, 0.15) is 6.92 Å². The number of ether oxygens (including phenoxy) is 1. The third kappa shape index (κ3) is 2.42. The topological polar surface area (TPSA) is 113 Å². The molecule has 1 aromatic carbocycles. The average Bonchev–Trinajstić information content (AvgIpc) is 2.53. The molecule has 0 fully saturated rings. The highest BCUT2D eigenvalue weighted by molar-refractivity contribution is 6.00. The van der Waals surface area contributed by atoms with Gasteiger partial charge in [-0.05, 0) is 19.1 Å². The van der Waals surface area contributed by atoms with Crippen molar-refractivity contribution in [1.82, 2.24) is 0 Å². The van der Waals surface area contributed by atoms with Crippen molar-refractivity contribution < 1.29 is 9.53 Å². The first-order valence-corrected chi connectivity index (χ1v) is 6.32. The molecule has 1 unspecified atom stereocenters. The van der Waals surface area contributed by atoms with Crippen LogP contribution in [0.25, 0.3) is 0 Å². The van der Waals surface area contributed by atoms with Gasteiger partial charge in [0.25, 0.3) is 5.91 Å². The minimum absolute atomic E-state index is 0.172. The van der Waals surface area contributed by atoms with Crippen LogP contribution in [-0.4, -0.2) is 19.1 Å². The number of hydrogen-bond donors (Lipinski definition) is 1. The lowest BCUT2D eigenvalue weighted by atomic mass is 10.1. The molecule has 1 aliphatic heterocycles. The zero-order valence-corrected chi connectivity index (χ0v) is 11.9. The van der Waals surface area contributed by atoms with Gasteiger partial charge in [-0.2, -0.15) is 15.8 Å². The van der Waals surface area contributed by atoms with E-state index in [9.17, 15) is 4.79 Å². The van der Waals surface area contributed by atoms with E-state index in [4.69, 9.17) is 20.5 Å². The lowest BCUT2D eigenvalue weighted by Crippen LogP contribution is -2.42. The van der Waals surface area contributed by atoms with Crippen molar-refractivity contribution in [3.63, 3.8) is 0 Å². The molecule has 1 N–H and O–H groups in total. The van der Waals surface area contributed by atoms with Gasteiger partial charge in [-0.3, -0.25) is 4.79 Å². The Labute approximate surface area is 127 Å². The molecule has 0 saturated heterocycles. The Morgan fingerprint density at radius 1 is 1.27 bits per heavy atom. The maximum atomic E-state index is 11.9. The molecule has 0 bridgehead atoms. The summed E-state index contributed by atoms with van der Waals surface area (Å²) in [5, 5.41) is 29.5. The van der Waals surface area contributed by atoms with E-state index < -0.39 is 6.10 Å². The number of nitrogens with one attached hydrogen (secondary N) is 1. The number of allylic oxidation sites excluding steroid dienone is 2. The third-order valence-electron chi connectivity index (χ3n) is 3.17. The number of nitriles is 3. The van der Waals surface area contributed by atoms with Gasteiger partial charge in [0.15, 0.2) is 17.4 Å². The van der Waals surface area contributed by atoms with E-state index in [1.54, 1.807) is 50.4 Å². The van der Waals surface area contributed by atoms with Crippen molar-refractivity contribution in [3.05, 3.63) is 29.5 Å². The van der Waals surface area contributed by atoms with Crippen LogP contribution in [0.4, 0.5) is 11.4 Å². The molecule has 0 spiro atoms. The Kier molecular flexibility index (Phi) is 3.97. The largest absolute Gasteiger partial charge is 0.476 e. The number of anilines is 2. The Bertz CT molecular complexity index is 776. The second-order valence-electron chi connectivity index (χ2n) is 4.52. The number of carbonyl (C=O) groups is 1. The molecule has 7 nitrogen and oxygen atoms in total. The maximum absolute atomic E-state index is 11.9. The number of nitrogens with zero attached hydrogens (tertiary/aromatic N) is 4. The Morgan fingerprint density at radius 3 is 2.55 bits per heavy atom. The van der Waals surface area contributed by atoms with Crippen LogP contribution in [0, 0.1) is 34.0 Å². The summed E-state index contributed by atoms with van der Waals surface area (Å²) in [5.74, 6) is 0.204. The Morgan fingerprint density at radius 2 is 1.95 bits per heavy atom. The van der Waals surface area contributed by atoms with Crippen LogP contribution in [0.5, 0.6) is 5.75 Å². The van der Waals surface area contributed by atoms with Crippen LogP contribution in [0.3, 0.4) is 0 Å². The maximum Gasteiger partial charge on any atom is 0.267 e. The number of amides is 1. The molecule has 0 aromatic heterocycles. The van der Waals surface area contributed by atoms with Gasteiger partial charge in [-0.1, -0.05) is 6.07 Å². The molecule has 1 aliphatic rings. The molecule has 2 rings (SSSR count). The van der Waals surface area contributed by atoms with Gasteiger partial charge in [0, 0.05) is 7.05 Å². The normalized spacial score (nSPS) is 15.5. The molecular formula is C15H11N5O2. The van der Waals surface area contributed by atoms with Crippen molar-refractivity contribution >= 4 is 17.3 Å². The van der Waals surface area contributed by atoms with Gasteiger partial charge in [0.1, 0.15) is 23.9 Å². The van der Waals surface area contributed by atoms with E-state index in [0.29, 0.717) is 17.1 Å². The van der Waals surface area contributed by atoms with Gasteiger partial charge >= 0.3 is 0 Å². The molecular weight excluding hydrogens is 282 g/mol. The minimum Gasteiger partial charge on any atom is -0.476 e. The number of fused-ring (bicyclic) bond motifs is 1.